The van der Waals surface area contributed by atoms with E-state index in [2.05, 4.69) is 71.9 Å². The van der Waals surface area contributed by atoms with Gasteiger partial charge in [0.25, 0.3) is 0 Å². The molecule has 0 aliphatic carbocycles. The van der Waals surface area contributed by atoms with Crippen LogP contribution in [0.3, 0.4) is 0 Å². The largest absolute Gasteiger partial charge is 0.453 e. The SMILES string of the molecule is O=C(OC1(c2ccc(I)cc2)CCNCC1)C(Br)Br. The summed E-state index contributed by atoms with van der Waals surface area (Å²) >= 11 is 8.67. The summed E-state index contributed by atoms with van der Waals surface area (Å²) in [6.45, 7) is 1.71. The Morgan fingerprint density at radius 2 is 1.84 bits per heavy atom. The van der Waals surface area contributed by atoms with Crippen LogP contribution < -0.4 is 5.32 Å². The zero-order valence-corrected chi connectivity index (χ0v) is 15.5. The third-order valence-corrected chi connectivity index (χ3v) is 4.72. The molecule has 0 bridgehead atoms. The van der Waals surface area contributed by atoms with Gasteiger partial charge in [0, 0.05) is 16.4 Å². The predicted molar refractivity (Wildman–Crippen MR) is 90.7 cm³/mol. The zero-order valence-electron chi connectivity index (χ0n) is 10.2. The first-order chi connectivity index (χ1) is 9.03. The van der Waals surface area contributed by atoms with Crippen molar-refractivity contribution < 1.29 is 9.53 Å². The Labute approximate surface area is 143 Å². The number of ether oxygens (including phenoxy) is 1. The Kier molecular flexibility index (Phi) is 5.68. The topological polar surface area (TPSA) is 38.3 Å². The maximum atomic E-state index is 11.9. The summed E-state index contributed by atoms with van der Waals surface area (Å²) in [5, 5.41) is 3.31. The number of carbonyl (C=O) groups excluding carboxylic acids is 1. The van der Waals surface area contributed by atoms with Gasteiger partial charge in [-0.2, -0.15) is 0 Å². The van der Waals surface area contributed by atoms with Crippen molar-refractivity contribution in [2.45, 2.75) is 22.2 Å². The molecule has 0 aromatic heterocycles. The van der Waals surface area contributed by atoms with Crippen LogP contribution in [0.4, 0.5) is 0 Å². The van der Waals surface area contributed by atoms with E-state index >= 15 is 0 Å². The van der Waals surface area contributed by atoms with Crippen LogP contribution >= 0.6 is 54.5 Å². The van der Waals surface area contributed by atoms with Crippen LogP contribution in [0.25, 0.3) is 0 Å². The molecule has 0 amide bonds. The molecular formula is C13H14Br2INO2. The number of halogens is 3. The monoisotopic (exact) mass is 501 g/mol. The number of nitrogens with one attached hydrogen (secondary N) is 1. The van der Waals surface area contributed by atoms with Crippen molar-refractivity contribution in [3.8, 4) is 0 Å². The molecule has 1 fully saturated rings. The van der Waals surface area contributed by atoms with Crippen LogP contribution in [0, 0.1) is 3.57 Å². The molecule has 1 heterocycles. The van der Waals surface area contributed by atoms with Crippen molar-refractivity contribution in [3.63, 3.8) is 0 Å². The Hall–Kier alpha value is 0.340. The highest BCUT2D eigenvalue weighted by Gasteiger charge is 2.38. The van der Waals surface area contributed by atoms with Gasteiger partial charge in [0.1, 0.15) is 5.60 Å². The van der Waals surface area contributed by atoms with Crippen LogP contribution in [-0.2, 0) is 15.1 Å². The maximum absolute atomic E-state index is 11.9. The molecule has 0 unspecified atom stereocenters. The molecule has 19 heavy (non-hydrogen) atoms. The molecule has 1 N–H and O–H groups in total. The predicted octanol–water partition coefficient (Wildman–Crippen LogP) is 3.53. The van der Waals surface area contributed by atoms with Crippen molar-refractivity contribution in [2.75, 3.05) is 13.1 Å². The molecule has 1 aromatic carbocycles. The Balaban J connectivity index is 2.28. The van der Waals surface area contributed by atoms with E-state index in [9.17, 15) is 4.79 Å². The van der Waals surface area contributed by atoms with E-state index in [4.69, 9.17) is 4.74 Å². The smallest absolute Gasteiger partial charge is 0.331 e. The lowest BCUT2D eigenvalue weighted by atomic mass is 9.85. The summed E-state index contributed by atoms with van der Waals surface area (Å²) in [5.74, 6) is -0.277. The van der Waals surface area contributed by atoms with Gasteiger partial charge in [0.15, 0.2) is 3.74 Å². The summed E-state index contributed by atoms with van der Waals surface area (Å²) in [7, 11) is 0. The lowest BCUT2D eigenvalue weighted by molar-refractivity contribution is -0.161. The second kappa shape index (κ2) is 6.87. The van der Waals surface area contributed by atoms with Crippen molar-refractivity contribution in [1.29, 1.82) is 0 Å². The molecule has 2 rings (SSSR count). The van der Waals surface area contributed by atoms with Gasteiger partial charge in [0.2, 0.25) is 0 Å². The number of hydrogen-bond donors (Lipinski definition) is 1. The maximum Gasteiger partial charge on any atom is 0.331 e. The fourth-order valence-electron chi connectivity index (χ4n) is 2.27. The molecule has 0 saturated carbocycles. The summed E-state index contributed by atoms with van der Waals surface area (Å²) in [6.07, 6.45) is 1.60. The fourth-order valence-corrected chi connectivity index (χ4v) is 2.82. The van der Waals surface area contributed by atoms with Crippen molar-refractivity contribution in [2.24, 2.45) is 0 Å². The third-order valence-electron chi connectivity index (χ3n) is 3.26. The third kappa shape index (κ3) is 3.92. The van der Waals surface area contributed by atoms with Gasteiger partial charge in [-0.05, 0) is 53.4 Å². The molecule has 0 atom stereocenters. The summed E-state index contributed by atoms with van der Waals surface area (Å²) in [4.78, 5) is 11.9. The first-order valence-electron chi connectivity index (χ1n) is 6.01. The van der Waals surface area contributed by atoms with Crippen LogP contribution in [0.15, 0.2) is 24.3 Å². The second-order valence-corrected chi connectivity index (χ2v) is 8.78. The van der Waals surface area contributed by atoms with Crippen LogP contribution in [0.1, 0.15) is 18.4 Å². The number of benzene rings is 1. The number of esters is 1. The van der Waals surface area contributed by atoms with Crippen LogP contribution in [0.5, 0.6) is 0 Å². The minimum absolute atomic E-state index is 0.277. The van der Waals surface area contributed by atoms with Crippen LogP contribution in [-0.4, -0.2) is 22.8 Å². The standard InChI is InChI=1S/C13H14Br2INO2/c14-11(15)12(18)19-13(5-7-17-8-6-13)9-1-3-10(16)4-2-9/h1-4,11,17H,5-8H2. The van der Waals surface area contributed by atoms with Gasteiger partial charge < -0.3 is 10.1 Å². The summed E-state index contributed by atoms with van der Waals surface area (Å²) < 4.78 is 6.51. The van der Waals surface area contributed by atoms with Crippen molar-refractivity contribution >= 4 is 60.4 Å². The first-order valence-corrected chi connectivity index (χ1v) is 8.92. The van der Waals surface area contributed by atoms with Gasteiger partial charge in [-0.3, -0.25) is 0 Å². The Morgan fingerprint density at radius 3 is 2.37 bits per heavy atom. The molecule has 1 aliphatic heterocycles. The number of piperidine rings is 1. The van der Waals surface area contributed by atoms with Crippen LogP contribution in [0.2, 0.25) is 0 Å². The van der Waals surface area contributed by atoms with E-state index in [0.717, 1.165) is 31.5 Å². The minimum atomic E-state index is -0.507. The van der Waals surface area contributed by atoms with E-state index in [1.165, 1.54) is 3.57 Å². The first kappa shape index (κ1) is 15.7. The number of alkyl halides is 2. The lowest BCUT2D eigenvalue weighted by Gasteiger charge is -2.37. The zero-order chi connectivity index (χ0) is 13.9. The quantitative estimate of drug-likeness (QED) is 0.390. The highest BCUT2D eigenvalue weighted by molar-refractivity contribution is 14.1. The highest BCUT2D eigenvalue weighted by Crippen LogP contribution is 2.36. The summed E-state index contributed by atoms with van der Waals surface area (Å²) in [6, 6.07) is 8.20. The van der Waals surface area contributed by atoms with E-state index < -0.39 is 9.34 Å². The van der Waals surface area contributed by atoms with Gasteiger partial charge in [-0.1, -0.05) is 44.0 Å². The van der Waals surface area contributed by atoms with Gasteiger partial charge in [-0.25, -0.2) is 4.79 Å². The normalized spacial score (nSPS) is 18.3. The Morgan fingerprint density at radius 1 is 1.26 bits per heavy atom. The molecule has 6 heteroatoms. The van der Waals surface area contributed by atoms with Gasteiger partial charge in [0.05, 0.1) is 0 Å². The number of hydrogen-bond acceptors (Lipinski definition) is 3. The average molecular weight is 503 g/mol. The van der Waals surface area contributed by atoms with E-state index in [1.807, 2.05) is 12.1 Å². The summed E-state index contributed by atoms with van der Waals surface area (Å²) in [5.41, 5.74) is 0.565. The molecule has 0 radical (unpaired) electrons. The lowest BCUT2D eigenvalue weighted by Crippen LogP contribution is -2.43. The Bertz CT molecular complexity index is 444. The van der Waals surface area contributed by atoms with Gasteiger partial charge in [-0.15, -0.1) is 0 Å². The van der Waals surface area contributed by atoms with Crippen molar-refractivity contribution in [3.05, 3.63) is 33.4 Å². The second-order valence-electron chi connectivity index (χ2n) is 4.47. The highest BCUT2D eigenvalue weighted by atomic mass is 127. The minimum Gasteiger partial charge on any atom is -0.453 e. The molecular weight excluding hydrogens is 489 g/mol. The fraction of sp³-hybridized carbons (Fsp3) is 0.462. The number of rotatable bonds is 3. The van der Waals surface area contributed by atoms with Gasteiger partial charge >= 0.3 is 5.97 Å². The molecule has 1 aromatic rings. The van der Waals surface area contributed by atoms with Crippen molar-refractivity contribution in [1.82, 2.24) is 5.32 Å². The molecule has 1 saturated heterocycles. The molecule has 1 aliphatic rings. The van der Waals surface area contributed by atoms with E-state index in [-0.39, 0.29) is 5.97 Å². The van der Waals surface area contributed by atoms with E-state index in [1.54, 1.807) is 0 Å². The number of carbonyl (C=O) groups is 1. The average Bonchev–Trinajstić information content (AvgIpc) is 2.40. The molecule has 0 spiro atoms. The molecule has 104 valence electrons. The molecule has 3 nitrogen and oxygen atoms in total. The van der Waals surface area contributed by atoms with E-state index in [0.29, 0.717) is 0 Å².